The van der Waals surface area contributed by atoms with Crippen LogP contribution in [0, 0.1) is 0 Å². The van der Waals surface area contributed by atoms with E-state index in [1.54, 1.807) is 12.5 Å². The summed E-state index contributed by atoms with van der Waals surface area (Å²) in [5.41, 5.74) is 0. The van der Waals surface area contributed by atoms with E-state index >= 15 is 0 Å². The summed E-state index contributed by atoms with van der Waals surface area (Å²) < 4.78 is 4.79. The van der Waals surface area contributed by atoms with Gasteiger partial charge in [0, 0.05) is 0 Å². The fourth-order valence-corrected chi connectivity index (χ4v) is 9.44. The van der Waals surface area contributed by atoms with Crippen molar-refractivity contribution >= 4 is 21.4 Å². The predicted molar refractivity (Wildman–Crippen MR) is 72.2 cm³/mol. The molecule has 0 radical (unpaired) electrons. The summed E-state index contributed by atoms with van der Waals surface area (Å²) in [4.78, 5) is 4.64. The topological polar surface area (TPSA) is 6.48 Å². The second-order valence-electron chi connectivity index (χ2n) is 5.17. The van der Waals surface area contributed by atoms with Gasteiger partial charge in [-0.05, 0) is 0 Å². The molecule has 3 heteroatoms. The zero-order valence-corrected chi connectivity index (χ0v) is 14.7. The Morgan fingerprint density at radius 2 is 1.20 bits per heavy atom. The Morgan fingerprint density at radius 3 is 1.47 bits per heavy atom. The molecule has 0 aliphatic rings. The summed E-state index contributed by atoms with van der Waals surface area (Å²) >= 11 is -1.07. The molecule has 0 saturated heterocycles. The van der Waals surface area contributed by atoms with Crippen molar-refractivity contribution in [3.63, 3.8) is 0 Å². The predicted octanol–water partition coefficient (Wildman–Crippen LogP) is 2.40. The molecule has 0 heterocycles. The van der Waals surface area contributed by atoms with Gasteiger partial charge in [-0.15, -0.1) is 0 Å². The average molecular weight is 316 g/mol. The van der Waals surface area contributed by atoms with Crippen LogP contribution in [0.25, 0.3) is 0 Å². The zero-order chi connectivity index (χ0) is 11.7. The van der Waals surface area contributed by atoms with Crippen LogP contribution < -0.4 is 0 Å². The first-order valence-corrected chi connectivity index (χ1v) is 13.3. The van der Waals surface area contributed by atoms with E-state index in [0.717, 1.165) is 0 Å². The third kappa shape index (κ3) is 11.1. The van der Waals surface area contributed by atoms with Crippen LogP contribution in [0.5, 0.6) is 0 Å². The third-order valence-corrected chi connectivity index (χ3v) is 13.3. The van der Waals surface area contributed by atoms with Gasteiger partial charge in [0.1, 0.15) is 0 Å². The molecular weight excluding hydrogens is 287 g/mol. The van der Waals surface area contributed by atoms with E-state index in [-0.39, 0.29) is 0 Å². The van der Waals surface area contributed by atoms with Crippen molar-refractivity contribution in [3.05, 3.63) is 0 Å². The fourth-order valence-electron chi connectivity index (χ4n) is 1.94. The molecule has 0 aromatic heterocycles. The third-order valence-electron chi connectivity index (χ3n) is 3.01. The molecule has 0 saturated carbocycles. The molecular formula is C12H29InN2. The van der Waals surface area contributed by atoms with Gasteiger partial charge in [-0.25, -0.2) is 0 Å². The molecule has 0 aliphatic carbocycles. The van der Waals surface area contributed by atoms with Crippen molar-refractivity contribution in [2.24, 2.45) is 0 Å². The molecule has 90 valence electrons. The molecule has 0 amide bonds. The molecule has 0 fully saturated rings. The van der Waals surface area contributed by atoms with Crippen LogP contribution in [-0.2, 0) is 0 Å². The maximum absolute atomic E-state index is 2.42. The summed E-state index contributed by atoms with van der Waals surface area (Å²) in [5.74, 6) is 0. The summed E-state index contributed by atoms with van der Waals surface area (Å²) in [5, 5.41) is 0. The first-order chi connectivity index (χ1) is 7.06. The van der Waals surface area contributed by atoms with Crippen LogP contribution in [0.4, 0.5) is 0 Å². The van der Waals surface area contributed by atoms with Crippen molar-refractivity contribution in [2.75, 3.05) is 41.3 Å². The number of hydrogen-bond acceptors (Lipinski definition) is 2. The monoisotopic (exact) mass is 316 g/mol. The van der Waals surface area contributed by atoms with Crippen molar-refractivity contribution < 1.29 is 0 Å². The van der Waals surface area contributed by atoms with Crippen molar-refractivity contribution in [3.8, 4) is 0 Å². The molecule has 15 heavy (non-hydrogen) atoms. The normalized spacial score (nSPS) is 11.4. The van der Waals surface area contributed by atoms with E-state index in [9.17, 15) is 0 Å². The Morgan fingerprint density at radius 1 is 0.800 bits per heavy atom. The van der Waals surface area contributed by atoms with E-state index in [4.69, 9.17) is 0 Å². The summed E-state index contributed by atoms with van der Waals surface area (Å²) in [6, 6.07) is 0. The van der Waals surface area contributed by atoms with E-state index in [1.165, 1.54) is 25.9 Å². The van der Waals surface area contributed by atoms with E-state index in [0.29, 0.717) is 0 Å². The maximum atomic E-state index is 2.42. The average Bonchev–Trinajstić information content (AvgIpc) is 2.14. The second kappa shape index (κ2) is 9.98. The van der Waals surface area contributed by atoms with E-state index in [1.807, 2.05) is 0 Å². The Bertz CT molecular complexity index is 124. The molecule has 0 aromatic rings. The van der Waals surface area contributed by atoms with Crippen molar-refractivity contribution in [1.29, 1.82) is 0 Å². The van der Waals surface area contributed by atoms with Gasteiger partial charge < -0.3 is 0 Å². The Kier molecular flexibility index (Phi) is 10.5. The van der Waals surface area contributed by atoms with Gasteiger partial charge in [0.15, 0.2) is 0 Å². The van der Waals surface area contributed by atoms with Gasteiger partial charge in [-0.2, -0.15) is 0 Å². The minimum absolute atomic E-state index is 1.07. The quantitative estimate of drug-likeness (QED) is 0.644. The first kappa shape index (κ1) is 15.8. The molecule has 0 N–H and O–H groups in total. The van der Waals surface area contributed by atoms with Gasteiger partial charge in [0.05, 0.1) is 0 Å². The van der Waals surface area contributed by atoms with Crippen molar-refractivity contribution in [1.82, 2.24) is 9.80 Å². The van der Waals surface area contributed by atoms with Crippen LogP contribution in [0.1, 0.15) is 19.8 Å². The molecule has 0 spiro atoms. The van der Waals surface area contributed by atoms with Crippen LogP contribution in [0.15, 0.2) is 0 Å². The number of hydrogen-bond donors (Lipinski definition) is 0. The van der Waals surface area contributed by atoms with Gasteiger partial charge in [0.2, 0.25) is 0 Å². The molecule has 0 aromatic carbocycles. The Balaban J connectivity index is 3.46. The van der Waals surface area contributed by atoms with Crippen LogP contribution in [0.2, 0.25) is 12.5 Å². The van der Waals surface area contributed by atoms with Gasteiger partial charge >= 0.3 is 105 Å². The molecule has 0 unspecified atom stereocenters. The SMILES string of the molecule is C[CH2][In]([CH2]CCN(C)C)[CH2]CCN(C)C. The van der Waals surface area contributed by atoms with Gasteiger partial charge in [-0.3, -0.25) is 0 Å². The second-order valence-corrected chi connectivity index (χ2v) is 15.7. The Hall–Kier alpha value is 0.790. The number of nitrogens with zero attached hydrogens (tertiary/aromatic N) is 2. The molecule has 0 rings (SSSR count). The standard InChI is InChI=1S/2C5H12N.C2H5.In/c2*1-4-5-6(2)3;1-2;/h2*1,4-5H2,2-3H3;1H2,2H3;. The van der Waals surface area contributed by atoms with Crippen LogP contribution in [-0.4, -0.2) is 72.5 Å². The summed E-state index contributed by atoms with van der Waals surface area (Å²) in [6.45, 7) is 5.01. The van der Waals surface area contributed by atoms with Crippen molar-refractivity contribution in [2.45, 2.75) is 32.3 Å². The molecule has 0 bridgehead atoms. The van der Waals surface area contributed by atoms with Gasteiger partial charge in [-0.1, -0.05) is 0 Å². The summed E-state index contributed by atoms with van der Waals surface area (Å²) in [7, 11) is 8.73. The summed E-state index contributed by atoms with van der Waals surface area (Å²) in [6.07, 6.45) is 2.90. The molecule has 2 nitrogen and oxygen atoms in total. The van der Waals surface area contributed by atoms with Crippen LogP contribution >= 0.6 is 0 Å². The van der Waals surface area contributed by atoms with E-state index < -0.39 is 21.4 Å². The van der Waals surface area contributed by atoms with E-state index in [2.05, 4.69) is 44.9 Å². The Labute approximate surface area is 105 Å². The number of rotatable bonds is 9. The molecule has 0 atom stereocenters. The first-order valence-electron chi connectivity index (χ1n) is 6.35. The molecule has 0 aliphatic heterocycles. The fraction of sp³-hybridized carbons (Fsp3) is 1.00. The minimum atomic E-state index is -1.07. The van der Waals surface area contributed by atoms with Gasteiger partial charge in [0.25, 0.3) is 0 Å². The zero-order valence-electron chi connectivity index (χ0n) is 11.4. The van der Waals surface area contributed by atoms with Crippen LogP contribution in [0.3, 0.4) is 0 Å².